The van der Waals surface area contributed by atoms with E-state index in [2.05, 4.69) is 26.8 Å². The second-order valence-electron chi connectivity index (χ2n) is 7.61. The largest absolute Gasteiger partial charge is 0.382 e. The van der Waals surface area contributed by atoms with Crippen LogP contribution < -0.4 is 16.4 Å². The van der Waals surface area contributed by atoms with E-state index in [1.54, 1.807) is 19.2 Å². The van der Waals surface area contributed by atoms with Crippen LogP contribution in [0.2, 0.25) is 0 Å². The van der Waals surface area contributed by atoms with Crippen LogP contribution in [0, 0.1) is 23.1 Å². The van der Waals surface area contributed by atoms with E-state index in [4.69, 9.17) is 10.5 Å². The number of hydrogen-bond acceptors (Lipinski definition) is 5. The van der Waals surface area contributed by atoms with Gasteiger partial charge in [-0.25, -0.2) is 9.07 Å². The van der Waals surface area contributed by atoms with Crippen molar-refractivity contribution in [2.24, 2.45) is 10.9 Å². The molecule has 1 heterocycles. The third kappa shape index (κ3) is 7.63. The zero-order chi connectivity index (χ0) is 22.1. The maximum absolute atomic E-state index is 13.2. The molecule has 0 spiro atoms. The number of aromatic nitrogens is 2. The summed E-state index contributed by atoms with van der Waals surface area (Å²) in [4.78, 5) is 4.22. The number of guanidine groups is 1. The second kappa shape index (κ2) is 13.2. The number of nitrogens with zero attached hydrogens (tertiary/aromatic N) is 4. The summed E-state index contributed by atoms with van der Waals surface area (Å²) in [6.45, 7) is 3.11. The quantitative estimate of drug-likeness (QED) is 0.170. The van der Waals surface area contributed by atoms with Crippen LogP contribution in [0.5, 0.6) is 0 Å². The van der Waals surface area contributed by atoms with E-state index in [9.17, 15) is 9.65 Å². The van der Waals surface area contributed by atoms with Crippen molar-refractivity contribution in [1.29, 1.82) is 5.26 Å². The van der Waals surface area contributed by atoms with Crippen molar-refractivity contribution in [2.45, 2.75) is 32.1 Å². The van der Waals surface area contributed by atoms with Crippen molar-refractivity contribution in [3.63, 3.8) is 0 Å². The number of benzene rings is 1. The lowest BCUT2D eigenvalue weighted by Gasteiger charge is -2.11. The van der Waals surface area contributed by atoms with Crippen molar-refractivity contribution in [2.75, 3.05) is 39.1 Å². The van der Waals surface area contributed by atoms with Gasteiger partial charge in [-0.1, -0.05) is 0 Å². The zero-order valence-corrected chi connectivity index (χ0v) is 20.6. The maximum Gasteiger partial charge on any atom is 0.190 e. The first-order valence-corrected chi connectivity index (χ1v) is 10.7. The molecule has 0 bridgehead atoms. The Morgan fingerprint density at radius 1 is 1.28 bits per heavy atom. The zero-order valence-electron chi connectivity index (χ0n) is 18.3. The van der Waals surface area contributed by atoms with E-state index in [0.29, 0.717) is 29.9 Å². The second-order valence-corrected chi connectivity index (χ2v) is 7.61. The number of nitrogens with two attached hydrogens (primary N) is 1. The Labute approximate surface area is 205 Å². The summed E-state index contributed by atoms with van der Waals surface area (Å²) >= 11 is 0. The summed E-state index contributed by atoms with van der Waals surface area (Å²) in [6.07, 6.45) is 4.88. The molecule has 1 aromatic heterocycles. The Kier molecular flexibility index (Phi) is 10.7. The molecule has 0 saturated heterocycles. The summed E-state index contributed by atoms with van der Waals surface area (Å²) < 4.78 is 20.3. The molecule has 10 heteroatoms. The van der Waals surface area contributed by atoms with Crippen LogP contribution >= 0.6 is 24.0 Å². The lowest BCUT2D eigenvalue weighted by atomic mass is 10.1. The predicted octanol–water partition coefficient (Wildman–Crippen LogP) is 3.00. The molecule has 32 heavy (non-hydrogen) atoms. The fourth-order valence-corrected chi connectivity index (χ4v) is 3.15. The van der Waals surface area contributed by atoms with Crippen LogP contribution in [0.4, 0.5) is 10.2 Å². The minimum atomic E-state index is -0.339. The lowest BCUT2D eigenvalue weighted by molar-refractivity contribution is 0.123. The minimum absolute atomic E-state index is 0. The number of halogens is 2. The molecule has 1 aliphatic rings. The summed E-state index contributed by atoms with van der Waals surface area (Å²) in [5.74, 6) is 1.45. The SMILES string of the molecule is CN=C(NCCCOCC1CC1)NCCCc1nn(-c2ccc(F)cc2)c(N)c1C#N.I. The van der Waals surface area contributed by atoms with Gasteiger partial charge in [0.05, 0.1) is 11.4 Å². The van der Waals surface area contributed by atoms with Gasteiger partial charge in [0.1, 0.15) is 23.3 Å². The van der Waals surface area contributed by atoms with Gasteiger partial charge < -0.3 is 21.1 Å². The van der Waals surface area contributed by atoms with E-state index in [1.807, 2.05) is 0 Å². The number of aryl methyl sites for hydroxylation is 1. The fourth-order valence-electron chi connectivity index (χ4n) is 3.15. The van der Waals surface area contributed by atoms with Crippen LogP contribution in [0.1, 0.15) is 36.9 Å². The number of ether oxygens (including phenoxy) is 1. The molecule has 1 fully saturated rings. The van der Waals surface area contributed by atoms with Crippen LogP contribution in [0.3, 0.4) is 0 Å². The van der Waals surface area contributed by atoms with Gasteiger partial charge in [-0.2, -0.15) is 10.4 Å². The molecule has 174 valence electrons. The number of nitrogens with one attached hydrogen (secondary N) is 2. The van der Waals surface area contributed by atoms with Gasteiger partial charge in [-0.05, 0) is 62.3 Å². The van der Waals surface area contributed by atoms with Gasteiger partial charge in [0, 0.05) is 33.4 Å². The first-order valence-electron chi connectivity index (χ1n) is 10.7. The minimum Gasteiger partial charge on any atom is -0.382 e. The first kappa shape index (κ1) is 25.9. The van der Waals surface area contributed by atoms with Crippen LogP contribution in [0.15, 0.2) is 29.3 Å². The van der Waals surface area contributed by atoms with Gasteiger partial charge in [0.15, 0.2) is 5.96 Å². The predicted molar refractivity (Wildman–Crippen MR) is 134 cm³/mol. The van der Waals surface area contributed by atoms with Gasteiger partial charge in [-0.15, -0.1) is 24.0 Å². The van der Waals surface area contributed by atoms with E-state index >= 15 is 0 Å². The third-order valence-corrected chi connectivity index (χ3v) is 5.09. The topological polar surface area (TPSA) is 113 Å². The van der Waals surface area contributed by atoms with Gasteiger partial charge >= 0.3 is 0 Å². The Hall–Kier alpha value is -2.39. The van der Waals surface area contributed by atoms with E-state index in [0.717, 1.165) is 44.5 Å². The Bertz CT molecular complexity index is 920. The number of hydrogen-bond donors (Lipinski definition) is 3. The number of rotatable bonds is 11. The summed E-state index contributed by atoms with van der Waals surface area (Å²) in [6, 6.07) is 7.97. The van der Waals surface area contributed by atoms with Crippen molar-refractivity contribution < 1.29 is 9.13 Å². The molecule has 0 aliphatic heterocycles. The fraction of sp³-hybridized carbons (Fsp3) is 0.500. The summed E-state index contributed by atoms with van der Waals surface area (Å²) in [7, 11) is 1.73. The highest BCUT2D eigenvalue weighted by Gasteiger charge is 2.20. The Morgan fingerprint density at radius 2 is 1.97 bits per heavy atom. The molecule has 3 rings (SSSR count). The normalized spacial score (nSPS) is 13.3. The molecule has 0 unspecified atom stereocenters. The monoisotopic (exact) mass is 555 g/mol. The standard InChI is InChI=1S/C22H30FN7O.HI/c1-26-22(28-12-3-13-31-15-16-5-6-16)27-11-2-4-20-19(14-24)21(25)30(29-20)18-9-7-17(23)8-10-18;/h7-10,16H,2-6,11-13,15,25H2,1H3,(H2,26,27,28);1H. The molecule has 0 atom stereocenters. The van der Waals surface area contributed by atoms with E-state index < -0.39 is 0 Å². The van der Waals surface area contributed by atoms with Gasteiger partial charge in [0.25, 0.3) is 0 Å². The molecular weight excluding hydrogens is 524 g/mol. The van der Waals surface area contributed by atoms with Crippen LogP contribution in [0.25, 0.3) is 5.69 Å². The maximum atomic E-state index is 13.2. The third-order valence-electron chi connectivity index (χ3n) is 5.09. The number of nitrogen functional groups attached to an aromatic ring is 1. The smallest absolute Gasteiger partial charge is 0.190 e. The van der Waals surface area contributed by atoms with Crippen LogP contribution in [-0.4, -0.2) is 49.1 Å². The molecule has 0 radical (unpaired) electrons. The molecule has 0 amide bonds. The van der Waals surface area contributed by atoms with Crippen molar-refractivity contribution >= 4 is 35.8 Å². The first-order chi connectivity index (χ1) is 15.1. The lowest BCUT2D eigenvalue weighted by Crippen LogP contribution is -2.38. The highest BCUT2D eigenvalue weighted by molar-refractivity contribution is 14.0. The highest BCUT2D eigenvalue weighted by Crippen LogP contribution is 2.28. The van der Waals surface area contributed by atoms with Crippen molar-refractivity contribution in [3.8, 4) is 11.8 Å². The van der Waals surface area contributed by atoms with Crippen molar-refractivity contribution in [1.82, 2.24) is 20.4 Å². The molecule has 1 saturated carbocycles. The van der Waals surface area contributed by atoms with E-state index in [1.165, 1.54) is 29.7 Å². The molecule has 1 aromatic carbocycles. The average Bonchev–Trinajstić information content (AvgIpc) is 3.55. The highest BCUT2D eigenvalue weighted by atomic mass is 127. The van der Waals surface area contributed by atoms with Crippen molar-refractivity contribution in [3.05, 3.63) is 41.3 Å². The summed E-state index contributed by atoms with van der Waals surface area (Å²) in [5, 5.41) is 20.5. The Balaban J connectivity index is 0.00000363. The van der Waals surface area contributed by atoms with E-state index in [-0.39, 0.29) is 35.6 Å². The van der Waals surface area contributed by atoms with Gasteiger partial charge in [-0.3, -0.25) is 4.99 Å². The van der Waals surface area contributed by atoms with Crippen LogP contribution in [-0.2, 0) is 11.2 Å². The molecular formula is C22H31FIN7O. The summed E-state index contributed by atoms with van der Waals surface area (Å²) in [5.41, 5.74) is 7.70. The molecule has 1 aliphatic carbocycles. The average molecular weight is 555 g/mol. The number of aliphatic imine (C=N–C) groups is 1. The number of nitriles is 1. The molecule has 2 aromatic rings. The van der Waals surface area contributed by atoms with Gasteiger partial charge in [0.2, 0.25) is 0 Å². The Morgan fingerprint density at radius 3 is 2.59 bits per heavy atom. The molecule has 8 nitrogen and oxygen atoms in total. The number of anilines is 1. The molecule has 4 N–H and O–H groups in total.